The maximum Gasteiger partial charge on any atom is 0.338 e. The number of amides is 1. The molecule has 0 aliphatic rings. The molecule has 0 aliphatic heterocycles. The maximum atomic E-state index is 12.0. The van der Waals surface area contributed by atoms with Gasteiger partial charge >= 0.3 is 5.97 Å². The van der Waals surface area contributed by atoms with E-state index in [1.807, 2.05) is 0 Å². The molecular weight excluding hydrogens is 412 g/mol. The van der Waals surface area contributed by atoms with Gasteiger partial charge < -0.3 is 10.1 Å². The quantitative estimate of drug-likeness (QED) is 0.688. The number of rotatable bonds is 6. The van der Waals surface area contributed by atoms with Crippen molar-refractivity contribution >= 4 is 43.5 Å². The van der Waals surface area contributed by atoms with E-state index in [9.17, 15) is 18.0 Å². The van der Waals surface area contributed by atoms with Gasteiger partial charge in [-0.05, 0) is 49.5 Å². The van der Waals surface area contributed by atoms with Crippen molar-refractivity contribution in [2.75, 3.05) is 19.0 Å². The Morgan fingerprint density at radius 2 is 1.80 bits per heavy atom. The fourth-order valence-electron chi connectivity index (χ4n) is 1.85. The molecule has 0 saturated heterocycles. The average molecular weight is 427 g/mol. The van der Waals surface area contributed by atoms with Crippen molar-refractivity contribution < 1.29 is 22.7 Å². The summed E-state index contributed by atoms with van der Waals surface area (Å²) in [5, 5.41) is 2.58. The van der Waals surface area contributed by atoms with Gasteiger partial charge in [0.25, 0.3) is 5.91 Å². The van der Waals surface area contributed by atoms with E-state index in [-0.39, 0.29) is 10.5 Å². The topological polar surface area (TPSA) is 102 Å². The van der Waals surface area contributed by atoms with Crippen molar-refractivity contribution in [1.29, 1.82) is 0 Å². The highest BCUT2D eigenvalue weighted by Gasteiger charge is 2.16. The van der Waals surface area contributed by atoms with Gasteiger partial charge in [-0.25, -0.2) is 17.9 Å². The monoisotopic (exact) mass is 426 g/mol. The summed E-state index contributed by atoms with van der Waals surface area (Å²) in [6.07, 6.45) is 0. The van der Waals surface area contributed by atoms with Gasteiger partial charge in [-0.15, -0.1) is 0 Å². The third-order valence-corrected chi connectivity index (χ3v) is 5.05. The Hall–Kier alpha value is -2.23. The number of sulfonamides is 1. The van der Waals surface area contributed by atoms with E-state index >= 15 is 0 Å². The predicted octanol–water partition coefficient (Wildman–Crippen LogP) is 2.15. The molecule has 1 amide bonds. The Kier molecular flexibility index (Phi) is 6.29. The van der Waals surface area contributed by atoms with Gasteiger partial charge in [0, 0.05) is 10.2 Å². The van der Waals surface area contributed by atoms with E-state index < -0.39 is 28.5 Å². The molecule has 2 N–H and O–H groups in total. The lowest BCUT2D eigenvalue weighted by molar-refractivity contribution is -0.119. The van der Waals surface area contributed by atoms with Crippen LogP contribution in [0.1, 0.15) is 10.4 Å². The third kappa shape index (κ3) is 5.38. The SMILES string of the molecule is CNS(=O)(=O)c1cccc(C(=O)OCC(=O)Nc2ccc(Br)cc2)c1. The van der Waals surface area contributed by atoms with Crippen LogP contribution in [0, 0.1) is 0 Å². The standard InChI is InChI=1S/C16H15BrN2O5S/c1-18-25(22,23)14-4-2-3-11(9-14)16(21)24-10-15(20)19-13-7-5-12(17)6-8-13/h2-9,18H,10H2,1H3,(H,19,20). The number of halogens is 1. The number of nitrogens with one attached hydrogen (secondary N) is 2. The molecule has 0 saturated carbocycles. The van der Waals surface area contributed by atoms with Crippen LogP contribution < -0.4 is 10.0 Å². The van der Waals surface area contributed by atoms with Crippen LogP contribution in [0.2, 0.25) is 0 Å². The maximum absolute atomic E-state index is 12.0. The van der Waals surface area contributed by atoms with Gasteiger partial charge in [0.1, 0.15) is 0 Å². The van der Waals surface area contributed by atoms with Crippen molar-refractivity contribution in [2.24, 2.45) is 0 Å². The molecule has 2 rings (SSSR count). The molecule has 2 aromatic carbocycles. The Morgan fingerprint density at radius 1 is 1.12 bits per heavy atom. The molecule has 0 bridgehead atoms. The Morgan fingerprint density at radius 3 is 2.44 bits per heavy atom. The minimum Gasteiger partial charge on any atom is -0.452 e. The Bertz CT molecular complexity index is 882. The van der Waals surface area contributed by atoms with Crippen molar-refractivity contribution in [2.45, 2.75) is 4.90 Å². The number of carbonyl (C=O) groups excluding carboxylic acids is 2. The molecule has 7 nitrogen and oxygen atoms in total. The van der Waals surface area contributed by atoms with Crippen molar-refractivity contribution in [3.63, 3.8) is 0 Å². The van der Waals surface area contributed by atoms with E-state index in [0.717, 1.165) is 4.47 Å². The van der Waals surface area contributed by atoms with Crippen LogP contribution in [0.25, 0.3) is 0 Å². The first-order valence-corrected chi connectivity index (χ1v) is 9.35. The van der Waals surface area contributed by atoms with Crippen LogP contribution in [-0.2, 0) is 19.6 Å². The minimum absolute atomic E-state index is 0.0350. The van der Waals surface area contributed by atoms with E-state index in [2.05, 4.69) is 26.0 Å². The van der Waals surface area contributed by atoms with Crippen LogP contribution in [-0.4, -0.2) is 33.9 Å². The fourth-order valence-corrected chi connectivity index (χ4v) is 2.89. The fraction of sp³-hybridized carbons (Fsp3) is 0.125. The summed E-state index contributed by atoms with van der Waals surface area (Å²) in [6, 6.07) is 12.3. The Balaban J connectivity index is 1.97. The molecule has 132 valence electrons. The van der Waals surface area contributed by atoms with Crippen LogP contribution in [0.3, 0.4) is 0 Å². The molecule has 25 heavy (non-hydrogen) atoms. The molecule has 2 aromatic rings. The highest BCUT2D eigenvalue weighted by Crippen LogP contribution is 2.14. The second-order valence-electron chi connectivity index (χ2n) is 4.87. The number of ether oxygens (including phenoxy) is 1. The van der Waals surface area contributed by atoms with E-state index in [1.165, 1.54) is 31.3 Å². The van der Waals surface area contributed by atoms with Gasteiger partial charge in [-0.1, -0.05) is 22.0 Å². The second-order valence-corrected chi connectivity index (χ2v) is 7.67. The summed E-state index contributed by atoms with van der Waals surface area (Å²) in [6.45, 7) is -0.488. The molecule has 9 heteroatoms. The first kappa shape index (κ1) is 19.1. The number of hydrogen-bond acceptors (Lipinski definition) is 5. The zero-order valence-electron chi connectivity index (χ0n) is 13.2. The summed E-state index contributed by atoms with van der Waals surface area (Å²) >= 11 is 3.28. The van der Waals surface area contributed by atoms with E-state index in [0.29, 0.717) is 5.69 Å². The predicted molar refractivity (Wildman–Crippen MR) is 95.7 cm³/mol. The van der Waals surface area contributed by atoms with E-state index in [1.54, 1.807) is 24.3 Å². The molecule has 0 fully saturated rings. The van der Waals surface area contributed by atoms with Crippen LogP contribution in [0.15, 0.2) is 57.9 Å². The molecular formula is C16H15BrN2O5S. The number of carbonyl (C=O) groups is 2. The zero-order valence-corrected chi connectivity index (χ0v) is 15.6. The van der Waals surface area contributed by atoms with E-state index in [4.69, 9.17) is 4.74 Å². The summed E-state index contributed by atoms with van der Waals surface area (Å²) in [7, 11) is -2.40. The number of benzene rings is 2. The summed E-state index contributed by atoms with van der Waals surface area (Å²) in [5.41, 5.74) is 0.596. The molecule has 0 aromatic heterocycles. The smallest absolute Gasteiger partial charge is 0.338 e. The molecule has 0 heterocycles. The van der Waals surface area contributed by atoms with Crippen molar-refractivity contribution in [3.8, 4) is 0 Å². The highest BCUT2D eigenvalue weighted by atomic mass is 79.9. The molecule has 0 aliphatic carbocycles. The van der Waals surface area contributed by atoms with Crippen molar-refractivity contribution in [3.05, 3.63) is 58.6 Å². The average Bonchev–Trinajstić information content (AvgIpc) is 2.61. The first-order valence-electron chi connectivity index (χ1n) is 7.08. The van der Waals surface area contributed by atoms with Gasteiger partial charge in [-0.2, -0.15) is 0 Å². The van der Waals surface area contributed by atoms with Crippen LogP contribution in [0.5, 0.6) is 0 Å². The number of anilines is 1. The highest BCUT2D eigenvalue weighted by molar-refractivity contribution is 9.10. The Labute approximate surface area is 153 Å². The molecule has 0 radical (unpaired) electrons. The lowest BCUT2D eigenvalue weighted by Gasteiger charge is -2.08. The van der Waals surface area contributed by atoms with Gasteiger partial charge in [0.2, 0.25) is 10.0 Å². The third-order valence-electron chi connectivity index (χ3n) is 3.11. The minimum atomic E-state index is -3.67. The largest absolute Gasteiger partial charge is 0.452 e. The summed E-state index contributed by atoms with van der Waals surface area (Å²) in [4.78, 5) is 23.7. The molecule has 0 spiro atoms. The zero-order chi connectivity index (χ0) is 18.4. The van der Waals surface area contributed by atoms with Crippen LogP contribution >= 0.6 is 15.9 Å². The van der Waals surface area contributed by atoms with Gasteiger partial charge in [-0.3, -0.25) is 4.79 Å². The molecule has 0 unspecified atom stereocenters. The second kappa shape index (κ2) is 8.24. The summed E-state index contributed by atoms with van der Waals surface area (Å²) < 4.78 is 31.4. The lowest BCUT2D eigenvalue weighted by Crippen LogP contribution is -2.21. The van der Waals surface area contributed by atoms with Gasteiger partial charge in [0.05, 0.1) is 10.5 Å². The molecule has 0 atom stereocenters. The lowest BCUT2D eigenvalue weighted by atomic mass is 10.2. The van der Waals surface area contributed by atoms with Crippen LogP contribution in [0.4, 0.5) is 5.69 Å². The van der Waals surface area contributed by atoms with Gasteiger partial charge in [0.15, 0.2) is 6.61 Å². The number of esters is 1. The van der Waals surface area contributed by atoms with Crippen molar-refractivity contribution in [1.82, 2.24) is 4.72 Å². The number of hydrogen-bond donors (Lipinski definition) is 2. The first-order chi connectivity index (χ1) is 11.8. The summed E-state index contributed by atoms with van der Waals surface area (Å²) in [5.74, 6) is -1.30. The normalized spacial score (nSPS) is 11.0.